The summed E-state index contributed by atoms with van der Waals surface area (Å²) in [5.41, 5.74) is 3.01. The first kappa shape index (κ1) is 26.3. The Morgan fingerprint density at radius 1 is 1.07 bits per heavy atom. The third-order valence-electron chi connectivity index (χ3n) is 3.46. The molecule has 0 amide bonds. The minimum atomic E-state index is -0.721. The Morgan fingerprint density at radius 3 is 2.24 bits per heavy atom. The van der Waals surface area contributed by atoms with Crippen LogP contribution < -0.4 is 10.2 Å². The minimum absolute atomic E-state index is 0. The molecular formula is C21H21F2IrN5-2. The molecule has 8 heteroatoms. The van der Waals surface area contributed by atoms with Crippen molar-refractivity contribution in [3.05, 3.63) is 84.8 Å². The van der Waals surface area contributed by atoms with Gasteiger partial charge in [0.2, 0.25) is 0 Å². The average Bonchev–Trinajstić information content (AvgIpc) is 2.70. The van der Waals surface area contributed by atoms with Crippen LogP contribution in [-0.2, 0) is 26.7 Å². The van der Waals surface area contributed by atoms with Crippen LogP contribution in [0.15, 0.2) is 55.0 Å². The summed E-state index contributed by atoms with van der Waals surface area (Å²) >= 11 is 0. The van der Waals surface area contributed by atoms with E-state index in [1.165, 1.54) is 11.8 Å². The summed E-state index contributed by atoms with van der Waals surface area (Å²) in [7, 11) is 5.85. The van der Waals surface area contributed by atoms with Gasteiger partial charge in [-0.15, -0.1) is 17.7 Å². The SMILES string of the molecule is CN(C)c1ccncc1.CNCc1ccnc(-c2[c-]c(F)cc(F)c2)c1.[C-]#N.[Ir]. The minimum Gasteiger partial charge on any atom is -0.512 e. The third kappa shape index (κ3) is 9.35. The van der Waals surface area contributed by atoms with E-state index in [-0.39, 0.29) is 20.1 Å². The number of anilines is 1. The fraction of sp³-hybridized carbons (Fsp3) is 0.190. The molecule has 0 aliphatic rings. The Hall–Kier alpha value is -2.72. The van der Waals surface area contributed by atoms with Gasteiger partial charge in [-0.2, -0.15) is 0 Å². The molecule has 0 unspecified atom stereocenters. The number of benzene rings is 1. The molecule has 3 aromatic rings. The Bertz CT molecular complexity index is 853. The van der Waals surface area contributed by atoms with Gasteiger partial charge < -0.3 is 27.0 Å². The van der Waals surface area contributed by atoms with E-state index < -0.39 is 11.6 Å². The van der Waals surface area contributed by atoms with Crippen molar-refractivity contribution in [2.75, 3.05) is 26.0 Å². The summed E-state index contributed by atoms with van der Waals surface area (Å²) in [6, 6.07) is 12.0. The molecule has 5 nitrogen and oxygen atoms in total. The van der Waals surface area contributed by atoms with E-state index in [2.05, 4.69) is 21.4 Å². The molecule has 155 valence electrons. The molecule has 0 atom stereocenters. The summed E-state index contributed by atoms with van der Waals surface area (Å²) in [6.07, 6.45) is 5.18. The summed E-state index contributed by atoms with van der Waals surface area (Å²) in [5, 5.41) is 9.25. The van der Waals surface area contributed by atoms with Gasteiger partial charge in [-0.3, -0.25) is 4.98 Å². The Labute approximate surface area is 183 Å². The fourth-order valence-corrected chi connectivity index (χ4v) is 2.22. The predicted octanol–water partition coefficient (Wildman–Crippen LogP) is 3.79. The smallest absolute Gasteiger partial charge is 0.0446 e. The van der Waals surface area contributed by atoms with Crippen LogP contribution in [0.2, 0.25) is 0 Å². The quantitative estimate of drug-likeness (QED) is 0.482. The van der Waals surface area contributed by atoms with Crippen molar-refractivity contribution in [1.29, 1.82) is 5.26 Å². The number of aromatic nitrogens is 2. The van der Waals surface area contributed by atoms with E-state index in [4.69, 9.17) is 11.8 Å². The van der Waals surface area contributed by atoms with Gasteiger partial charge in [0, 0.05) is 76.7 Å². The molecule has 0 bridgehead atoms. The predicted molar refractivity (Wildman–Crippen MR) is 105 cm³/mol. The maximum Gasteiger partial charge on any atom is 0.0446 e. The van der Waals surface area contributed by atoms with Gasteiger partial charge in [0.1, 0.15) is 0 Å². The zero-order valence-electron chi connectivity index (χ0n) is 16.3. The van der Waals surface area contributed by atoms with Crippen LogP contribution in [0.4, 0.5) is 14.5 Å². The summed E-state index contributed by atoms with van der Waals surface area (Å²) in [4.78, 5) is 10.0. The second-order valence-corrected chi connectivity index (χ2v) is 5.74. The van der Waals surface area contributed by atoms with E-state index in [0.717, 1.165) is 11.6 Å². The molecule has 0 saturated heterocycles. The van der Waals surface area contributed by atoms with Crippen molar-refractivity contribution in [2.45, 2.75) is 6.54 Å². The zero-order chi connectivity index (χ0) is 20.9. The monoisotopic (exact) mass is 574 g/mol. The van der Waals surface area contributed by atoms with Crippen molar-refractivity contribution < 1.29 is 28.9 Å². The number of hydrogen-bond acceptors (Lipinski definition) is 5. The van der Waals surface area contributed by atoms with Crippen molar-refractivity contribution in [1.82, 2.24) is 15.3 Å². The summed E-state index contributed by atoms with van der Waals surface area (Å²) < 4.78 is 26.1. The van der Waals surface area contributed by atoms with Gasteiger partial charge >= 0.3 is 0 Å². The van der Waals surface area contributed by atoms with Gasteiger partial charge in [0.05, 0.1) is 0 Å². The van der Waals surface area contributed by atoms with Crippen LogP contribution >= 0.6 is 0 Å². The molecular weight excluding hydrogens is 552 g/mol. The van der Waals surface area contributed by atoms with Crippen LogP contribution in [0.25, 0.3) is 11.3 Å². The van der Waals surface area contributed by atoms with Crippen LogP contribution in [0, 0.1) is 29.5 Å². The molecule has 0 saturated carbocycles. The number of halogens is 2. The van der Waals surface area contributed by atoms with Gasteiger partial charge in [0.25, 0.3) is 0 Å². The fourth-order valence-electron chi connectivity index (χ4n) is 2.22. The van der Waals surface area contributed by atoms with E-state index in [1.54, 1.807) is 24.7 Å². The first-order valence-electron chi connectivity index (χ1n) is 8.27. The van der Waals surface area contributed by atoms with E-state index in [9.17, 15) is 8.78 Å². The van der Waals surface area contributed by atoms with Gasteiger partial charge in [-0.1, -0.05) is 12.1 Å². The molecule has 1 aromatic carbocycles. The first-order valence-corrected chi connectivity index (χ1v) is 8.27. The average molecular weight is 574 g/mol. The van der Waals surface area contributed by atoms with Crippen LogP contribution in [0.5, 0.6) is 0 Å². The van der Waals surface area contributed by atoms with Crippen LogP contribution in [0.1, 0.15) is 5.56 Å². The second-order valence-electron chi connectivity index (χ2n) is 5.74. The zero-order valence-corrected chi connectivity index (χ0v) is 18.7. The van der Waals surface area contributed by atoms with Crippen molar-refractivity contribution >= 4 is 5.69 Å². The topological polar surface area (TPSA) is 64.8 Å². The number of hydrogen-bond donors (Lipinski definition) is 1. The molecule has 3 rings (SSSR count). The van der Waals surface area contributed by atoms with Crippen LogP contribution in [-0.4, -0.2) is 31.1 Å². The molecule has 0 fully saturated rings. The summed E-state index contributed by atoms with van der Waals surface area (Å²) in [6.45, 7) is 5.42. The van der Waals surface area contributed by atoms with Gasteiger partial charge in [0.15, 0.2) is 0 Å². The molecule has 2 aromatic heterocycles. The molecule has 1 N–H and O–H groups in total. The van der Waals surface area contributed by atoms with E-state index in [0.29, 0.717) is 17.8 Å². The molecule has 0 aliphatic carbocycles. The largest absolute Gasteiger partial charge is 0.512 e. The number of rotatable bonds is 4. The van der Waals surface area contributed by atoms with Crippen molar-refractivity contribution in [3.63, 3.8) is 0 Å². The third-order valence-corrected chi connectivity index (χ3v) is 3.46. The molecule has 1 radical (unpaired) electrons. The summed E-state index contributed by atoms with van der Waals surface area (Å²) in [5.74, 6) is -1.35. The van der Waals surface area contributed by atoms with Crippen molar-refractivity contribution in [2.24, 2.45) is 0 Å². The van der Waals surface area contributed by atoms with Gasteiger partial charge in [-0.25, -0.2) is 8.78 Å². The normalized spacial score (nSPS) is 9.07. The Balaban J connectivity index is 0.000000556. The Morgan fingerprint density at radius 2 is 1.72 bits per heavy atom. The standard InChI is InChI=1S/C13H11F2N2.C7H10N2.CN.Ir/c1-16-8-9-2-3-17-13(4-9)10-5-11(14)7-12(15)6-10;1-9(2)7-3-5-8-6-4-7;1-2;/h2-5,7,16H,8H2,1H3;3-6H,1-2H3;;/q-1;;-1;. The maximum absolute atomic E-state index is 13.1. The Kier molecular flexibility index (Phi) is 13.0. The number of pyridine rings is 2. The first-order chi connectivity index (χ1) is 13.5. The maximum atomic E-state index is 13.1. The molecule has 0 spiro atoms. The van der Waals surface area contributed by atoms with E-state index >= 15 is 0 Å². The number of nitrogens with one attached hydrogen (secondary N) is 1. The van der Waals surface area contributed by atoms with Crippen molar-refractivity contribution in [3.8, 4) is 11.3 Å². The van der Waals surface area contributed by atoms with Crippen LogP contribution in [0.3, 0.4) is 0 Å². The molecule has 0 aliphatic heterocycles. The van der Waals surface area contributed by atoms with E-state index in [1.807, 2.05) is 44.2 Å². The molecule has 29 heavy (non-hydrogen) atoms. The molecule has 2 heterocycles. The number of nitrogens with zero attached hydrogens (tertiary/aromatic N) is 4. The second kappa shape index (κ2) is 14.3. The van der Waals surface area contributed by atoms with Gasteiger partial charge in [-0.05, 0) is 36.5 Å².